The van der Waals surface area contributed by atoms with E-state index in [1.54, 1.807) is 24.3 Å². The van der Waals surface area contributed by atoms with Crippen LogP contribution in [0.4, 0.5) is 0 Å². The van der Waals surface area contributed by atoms with Crippen LogP contribution in [0, 0.1) is 22.7 Å². The standard InChI is InChI=1S/C17H13N5O2/c18-8-11-1-3-12(4-2-11)10-21-17(20)22-16(24)14-7-13(9-19)5-6-15(14)23/h1-7,23H,10H2,(H3,20,21,22,24). The molecule has 0 bridgehead atoms. The van der Waals surface area contributed by atoms with Gasteiger partial charge in [0.2, 0.25) is 0 Å². The predicted molar refractivity (Wildman–Crippen MR) is 86.8 cm³/mol. The summed E-state index contributed by atoms with van der Waals surface area (Å²) in [6.07, 6.45) is 0. The van der Waals surface area contributed by atoms with Crippen molar-refractivity contribution in [3.8, 4) is 17.9 Å². The third-order valence-corrected chi connectivity index (χ3v) is 3.13. The number of guanidine groups is 1. The van der Waals surface area contributed by atoms with E-state index in [4.69, 9.17) is 16.3 Å². The van der Waals surface area contributed by atoms with Crippen LogP contribution < -0.4 is 11.1 Å². The molecule has 0 atom stereocenters. The number of hydrogen-bond donors (Lipinski definition) is 3. The Morgan fingerprint density at radius 1 is 1.12 bits per heavy atom. The number of nitriles is 2. The van der Waals surface area contributed by atoms with Crippen LogP contribution in [0.1, 0.15) is 27.0 Å². The third-order valence-electron chi connectivity index (χ3n) is 3.13. The van der Waals surface area contributed by atoms with Crippen LogP contribution in [-0.2, 0) is 6.54 Å². The number of phenolic OH excluding ortho intramolecular Hbond substituents is 1. The zero-order valence-corrected chi connectivity index (χ0v) is 12.5. The van der Waals surface area contributed by atoms with Gasteiger partial charge in [-0.25, -0.2) is 4.99 Å². The summed E-state index contributed by atoms with van der Waals surface area (Å²) in [5.74, 6) is -1.04. The molecule has 0 saturated carbocycles. The van der Waals surface area contributed by atoms with E-state index in [0.717, 1.165) is 5.56 Å². The molecule has 7 nitrogen and oxygen atoms in total. The van der Waals surface area contributed by atoms with Crippen LogP contribution in [0.2, 0.25) is 0 Å². The van der Waals surface area contributed by atoms with E-state index in [-0.39, 0.29) is 29.4 Å². The quantitative estimate of drug-likeness (QED) is 0.580. The molecule has 2 rings (SSSR count). The Labute approximate surface area is 138 Å². The lowest BCUT2D eigenvalue weighted by Gasteiger charge is -2.06. The van der Waals surface area contributed by atoms with Crippen molar-refractivity contribution in [1.82, 2.24) is 5.32 Å². The number of carbonyl (C=O) groups is 1. The molecule has 2 aromatic rings. The van der Waals surface area contributed by atoms with E-state index in [1.807, 2.05) is 12.1 Å². The van der Waals surface area contributed by atoms with Crippen LogP contribution >= 0.6 is 0 Å². The van der Waals surface area contributed by atoms with Crippen molar-refractivity contribution in [3.05, 3.63) is 64.7 Å². The molecule has 24 heavy (non-hydrogen) atoms. The smallest absolute Gasteiger partial charge is 0.261 e. The SMILES string of the molecule is N#Cc1ccc(CN=C(N)NC(=O)c2cc(C#N)ccc2O)cc1. The number of amides is 1. The van der Waals surface area contributed by atoms with E-state index in [2.05, 4.69) is 10.3 Å². The fourth-order valence-corrected chi connectivity index (χ4v) is 1.87. The Hall–Kier alpha value is -3.84. The van der Waals surface area contributed by atoms with Gasteiger partial charge in [0.05, 0.1) is 35.4 Å². The monoisotopic (exact) mass is 319 g/mol. The molecule has 1 amide bonds. The summed E-state index contributed by atoms with van der Waals surface area (Å²) < 4.78 is 0. The van der Waals surface area contributed by atoms with Crippen molar-refractivity contribution < 1.29 is 9.90 Å². The highest BCUT2D eigenvalue weighted by Gasteiger charge is 2.13. The van der Waals surface area contributed by atoms with Crippen molar-refractivity contribution in [2.24, 2.45) is 10.7 Å². The van der Waals surface area contributed by atoms with Gasteiger partial charge in [-0.15, -0.1) is 0 Å². The second kappa shape index (κ2) is 7.43. The van der Waals surface area contributed by atoms with Crippen LogP contribution in [0.3, 0.4) is 0 Å². The van der Waals surface area contributed by atoms with Gasteiger partial charge < -0.3 is 10.8 Å². The fourth-order valence-electron chi connectivity index (χ4n) is 1.87. The highest BCUT2D eigenvalue weighted by Crippen LogP contribution is 2.17. The zero-order valence-electron chi connectivity index (χ0n) is 12.5. The first kappa shape index (κ1) is 16.5. The summed E-state index contributed by atoms with van der Waals surface area (Å²) in [6.45, 7) is 0.224. The number of benzene rings is 2. The minimum atomic E-state index is -0.661. The molecule has 0 saturated heterocycles. The van der Waals surface area contributed by atoms with Crippen LogP contribution in [-0.4, -0.2) is 17.0 Å². The summed E-state index contributed by atoms with van der Waals surface area (Å²) in [5, 5.41) is 29.6. The molecule has 7 heteroatoms. The number of aliphatic imine (C=N–C) groups is 1. The Balaban J connectivity index is 2.05. The highest BCUT2D eigenvalue weighted by atomic mass is 16.3. The van der Waals surface area contributed by atoms with Crippen LogP contribution in [0.15, 0.2) is 47.5 Å². The molecule has 2 aromatic carbocycles. The first-order valence-electron chi connectivity index (χ1n) is 6.87. The number of nitrogens with one attached hydrogen (secondary N) is 1. The number of carbonyl (C=O) groups excluding carboxylic acids is 1. The highest BCUT2D eigenvalue weighted by molar-refractivity contribution is 6.06. The maximum atomic E-state index is 12.1. The molecule has 0 spiro atoms. The summed E-state index contributed by atoms with van der Waals surface area (Å²) in [7, 11) is 0. The Morgan fingerprint density at radius 2 is 1.75 bits per heavy atom. The zero-order chi connectivity index (χ0) is 17.5. The second-order valence-corrected chi connectivity index (χ2v) is 4.81. The molecule has 0 heterocycles. The van der Waals surface area contributed by atoms with Crippen molar-refractivity contribution in [3.63, 3.8) is 0 Å². The summed E-state index contributed by atoms with van der Waals surface area (Å²) in [6, 6.07) is 14.6. The maximum absolute atomic E-state index is 12.1. The third kappa shape index (κ3) is 4.09. The average molecular weight is 319 g/mol. The lowest BCUT2D eigenvalue weighted by Crippen LogP contribution is -2.36. The van der Waals surface area contributed by atoms with Gasteiger partial charge in [0, 0.05) is 0 Å². The average Bonchev–Trinajstić information content (AvgIpc) is 2.60. The number of nitrogens with zero attached hydrogens (tertiary/aromatic N) is 3. The lowest BCUT2D eigenvalue weighted by molar-refractivity contribution is 0.0974. The van der Waals surface area contributed by atoms with Crippen molar-refractivity contribution in [2.45, 2.75) is 6.54 Å². The summed E-state index contributed by atoms with van der Waals surface area (Å²) in [4.78, 5) is 16.1. The van der Waals surface area contributed by atoms with E-state index in [0.29, 0.717) is 5.56 Å². The molecule has 0 aliphatic rings. The Kier molecular flexibility index (Phi) is 5.12. The molecule has 0 aromatic heterocycles. The van der Waals surface area contributed by atoms with Gasteiger partial charge in [0.25, 0.3) is 5.91 Å². The maximum Gasteiger partial charge on any atom is 0.261 e. The largest absolute Gasteiger partial charge is 0.507 e. The predicted octanol–water partition coefficient (Wildman–Crippen LogP) is 1.38. The van der Waals surface area contributed by atoms with Crippen molar-refractivity contribution in [1.29, 1.82) is 10.5 Å². The molecule has 0 aliphatic heterocycles. The van der Waals surface area contributed by atoms with Gasteiger partial charge >= 0.3 is 0 Å². The molecule has 0 unspecified atom stereocenters. The van der Waals surface area contributed by atoms with Gasteiger partial charge in [-0.1, -0.05) is 12.1 Å². The lowest BCUT2D eigenvalue weighted by atomic mass is 10.1. The number of nitrogens with two attached hydrogens (primary N) is 1. The summed E-state index contributed by atoms with van der Waals surface area (Å²) in [5.41, 5.74) is 7.19. The fraction of sp³-hybridized carbons (Fsp3) is 0.0588. The minimum absolute atomic E-state index is 0.0643. The second-order valence-electron chi connectivity index (χ2n) is 4.81. The van der Waals surface area contributed by atoms with E-state index >= 15 is 0 Å². The number of phenols is 1. The minimum Gasteiger partial charge on any atom is -0.507 e. The molecule has 118 valence electrons. The molecule has 0 radical (unpaired) electrons. The number of rotatable bonds is 3. The van der Waals surface area contributed by atoms with E-state index in [1.165, 1.54) is 18.2 Å². The van der Waals surface area contributed by atoms with Crippen molar-refractivity contribution in [2.75, 3.05) is 0 Å². The van der Waals surface area contributed by atoms with Crippen molar-refractivity contribution >= 4 is 11.9 Å². The van der Waals surface area contributed by atoms with Gasteiger partial charge in [-0.3, -0.25) is 10.1 Å². The van der Waals surface area contributed by atoms with Gasteiger partial charge in [-0.05, 0) is 35.9 Å². The number of hydrogen-bond acceptors (Lipinski definition) is 5. The van der Waals surface area contributed by atoms with Gasteiger partial charge in [0.15, 0.2) is 5.96 Å². The van der Waals surface area contributed by atoms with Crippen LogP contribution in [0.25, 0.3) is 0 Å². The molecular formula is C17H13N5O2. The Morgan fingerprint density at radius 3 is 2.38 bits per heavy atom. The molecule has 0 aliphatic carbocycles. The van der Waals surface area contributed by atoms with Gasteiger partial charge in [-0.2, -0.15) is 10.5 Å². The molecule has 0 fully saturated rings. The molecular weight excluding hydrogens is 306 g/mol. The van der Waals surface area contributed by atoms with Crippen LogP contribution in [0.5, 0.6) is 5.75 Å². The molecule has 4 N–H and O–H groups in total. The van der Waals surface area contributed by atoms with Gasteiger partial charge in [0.1, 0.15) is 5.75 Å². The number of aromatic hydroxyl groups is 1. The first-order valence-corrected chi connectivity index (χ1v) is 6.87. The Bertz CT molecular complexity index is 873. The summed E-state index contributed by atoms with van der Waals surface area (Å²) >= 11 is 0. The first-order chi connectivity index (χ1) is 11.5. The normalized spacial score (nSPS) is 10.5. The van der Waals surface area contributed by atoms with E-state index in [9.17, 15) is 9.90 Å². The van der Waals surface area contributed by atoms with E-state index < -0.39 is 5.91 Å². The topological polar surface area (TPSA) is 135 Å².